The van der Waals surface area contributed by atoms with Crippen LogP contribution in [0.1, 0.15) is 44.2 Å². The Hall–Kier alpha value is -1.23. The van der Waals surface area contributed by atoms with Gasteiger partial charge in [0, 0.05) is 23.0 Å². The van der Waals surface area contributed by atoms with Gasteiger partial charge in [0.2, 0.25) is 0 Å². The molecule has 2 rings (SSSR count). The monoisotopic (exact) mass is 340 g/mol. The predicted octanol–water partition coefficient (Wildman–Crippen LogP) is 3.76. The molecule has 2 N–H and O–H groups in total. The number of urea groups is 1. The van der Waals surface area contributed by atoms with Crippen molar-refractivity contribution in [3.63, 3.8) is 0 Å². The lowest BCUT2D eigenvalue weighted by molar-refractivity contribution is 0.223. The Labute approximate surface area is 128 Å². The number of halogens is 1. The van der Waals surface area contributed by atoms with Gasteiger partial charge < -0.3 is 15.4 Å². The number of ether oxygens (including phenoxy) is 1. The van der Waals surface area contributed by atoms with Crippen LogP contribution in [0.25, 0.3) is 0 Å². The fourth-order valence-corrected chi connectivity index (χ4v) is 2.68. The number of hydrogen-bond acceptors (Lipinski definition) is 2. The maximum atomic E-state index is 11.9. The molecule has 0 saturated heterocycles. The Morgan fingerprint density at radius 1 is 1.45 bits per heavy atom. The minimum absolute atomic E-state index is 0.0161. The fourth-order valence-electron chi connectivity index (χ4n) is 2.30. The molecule has 2 amide bonds. The average molecular weight is 341 g/mol. The Morgan fingerprint density at radius 3 is 3.10 bits per heavy atom. The first kappa shape index (κ1) is 15.2. The topological polar surface area (TPSA) is 50.4 Å². The van der Waals surface area contributed by atoms with E-state index in [0.717, 1.165) is 48.0 Å². The van der Waals surface area contributed by atoms with Crippen LogP contribution in [-0.2, 0) is 0 Å². The number of rotatable bonds is 5. The number of unbranched alkanes of at least 4 members (excludes halogenated alkanes) is 2. The third kappa shape index (κ3) is 4.13. The summed E-state index contributed by atoms with van der Waals surface area (Å²) in [5.41, 5.74) is 1.04. The van der Waals surface area contributed by atoms with Crippen molar-refractivity contribution in [1.29, 1.82) is 0 Å². The molecule has 0 spiro atoms. The zero-order valence-electron chi connectivity index (χ0n) is 11.7. The maximum absolute atomic E-state index is 11.9. The lowest BCUT2D eigenvalue weighted by atomic mass is 10.0. The summed E-state index contributed by atoms with van der Waals surface area (Å²) in [6.45, 7) is 3.51. The maximum Gasteiger partial charge on any atom is 0.315 e. The molecule has 1 aromatic rings. The molecule has 1 aliphatic heterocycles. The van der Waals surface area contributed by atoms with E-state index in [9.17, 15) is 4.79 Å². The number of hydrogen-bond donors (Lipinski definition) is 2. The summed E-state index contributed by atoms with van der Waals surface area (Å²) in [4.78, 5) is 11.9. The third-order valence-corrected chi connectivity index (χ3v) is 3.88. The molecular weight excluding hydrogens is 320 g/mol. The Morgan fingerprint density at radius 2 is 2.30 bits per heavy atom. The van der Waals surface area contributed by atoms with Gasteiger partial charge >= 0.3 is 6.03 Å². The van der Waals surface area contributed by atoms with Gasteiger partial charge in [0.15, 0.2) is 0 Å². The van der Waals surface area contributed by atoms with E-state index in [2.05, 4.69) is 33.5 Å². The van der Waals surface area contributed by atoms with E-state index in [1.54, 1.807) is 0 Å². The van der Waals surface area contributed by atoms with Crippen LogP contribution in [0.15, 0.2) is 22.7 Å². The smallest absolute Gasteiger partial charge is 0.315 e. The van der Waals surface area contributed by atoms with Crippen LogP contribution in [0, 0.1) is 0 Å². The van der Waals surface area contributed by atoms with Gasteiger partial charge in [-0.3, -0.25) is 0 Å². The predicted molar refractivity (Wildman–Crippen MR) is 83.1 cm³/mol. The highest BCUT2D eigenvalue weighted by Gasteiger charge is 2.23. The molecule has 1 aliphatic rings. The van der Waals surface area contributed by atoms with Gasteiger partial charge in [0.1, 0.15) is 5.75 Å². The van der Waals surface area contributed by atoms with Crippen LogP contribution in [-0.4, -0.2) is 19.2 Å². The number of benzene rings is 1. The highest BCUT2D eigenvalue weighted by atomic mass is 79.9. The van der Waals surface area contributed by atoms with Crippen molar-refractivity contribution < 1.29 is 9.53 Å². The lowest BCUT2D eigenvalue weighted by Gasteiger charge is -2.27. The third-order valence-electron chi connectivity index (χ3n) is 3.38. The summed E-state index contributed by atoms with van der Waals surface area (Å²) in [6, 6.07) is 5.82. The zero-order valence-corrected chi connectivity index (χ0v) is 13.3. The van der Waals surface area contributed by atoms with Crippen LogP contribution in [0.3, 0.4) is 0 Å². The molecular formula is C15H21BrN2O2. The quantitative estimate of drug-likeness (QED) is 0.801. The van der Waals surface area contributed by atoms with E-state index in [1.165, 1.54) is 0 Å². The number of carbonyl (C=O) groups excluding carboxylic acids is 1. The van der Waals surface area contributed by atoms with E-state index < -0.39 is 0 Å². The highest BCUT2D eigenvalue weighted by Crippen LogP contribution is 2.33. The van der Waals surface area contributed by atoms with E-state index in [1.807, 2.05) is 18.2 Å². The van der Waals surface area contributed by atoms with Gasteiger partial charge in [0.25, 0.3) is 0 Å². The molecule has 0 bridgehead atoms. The zero-order chi connectivity index (χ0) is 14.4. The Kier molecular flexibility index (Phi) is 5.71. The summed E-state index contributed by atoms with van der Waals surface area (Å²) in [7, 11) is 0. The summed E-state index contributed by atoms with van der Waals surface area (Å²) < 4.78 is 6.61. The van der Waals surface area contributed by atoms with Gasteiger partial charge in [-0.1, -0.05) is 35.7 Å². The normalized spacial score (nSPS) is 17.0. The summed E-state index contributed by atoms with van der Waals surface area (Å²) in [6.07, 6.45) is 4.13. The fraction of sp³-hybridized carbons (Fsp3) is 0.533. The first-order valence-corrected chi connectivity index (χ1v) is 7.96. The number of fused-ring (bicyclic) bond motifs is 1. The van der Waals surface area contributed by atoms with Crippen LogP contribution >= 0.6 is 15.9 Å². The van der Waals surface area contributed by atoms with Gasteiger partial charge in [-0.05, 0) is 24.6 Å². The van der Waals surface area contributed by atoms with E-state index in [4.69, 9.17) is 4.74 Å². The van der Waals surface area contributed by atoms with Crippen molar-refractivity contribution in [2.75, 3.05) is 13.2 Å². The highest BCUT2D eigenvalue weighted by molar-refractivity contribution is 9.10. The SMILES string of the molecule is CCCCCNC(=O)NC1CCOc2ccc(Br)cc21. The standard InChI is InChI=1S/C15H21BrN2O2/c1-2-3-4-8-17-15(19)18-13-7-9-20-14-6-5-11(16)10-12(13)14/h5-6,10,13H,2-4,7-9H2,1H3,(H2,17,18,19). The molecule has 20 heavy (non-hydrogen) atoms. The first-order valence-electron chi connectivity index (χ1n) is 7.17. The van der Waals surface area contributed by atoms with Crippen LogP contribution in [0.4, 0.5) is 4.79 Å². The van der Waals surface area contributed by atoms with Gasteiger partial charge in [-0.15, -0.1) is 0 Å². The molecule has 110 valence electrons. The van der Waals surface area contributed by atoms with Gasteiger partial charge in [-0.2, -0.15) is 0 Å². The van der Waals surface area contributed by atoms with Crippen molar-refractivity contribution in [2.24, 2.45) is 0 Å². The molecule has 5 heteroatoms. The minimum Gasteiger partial charge on any atom is -0.493 e. The Balaban J connectivity index is 1.91. The summed E-state index contributed by atoms with van der Waals surface area (Å²) in [5, 5.41) is 5.94. The van der Waals surface area contributed by atoms with Gasteiger partial charge in [0.05, 0.1) is 12.6 Å². The second-order valence-electron chi connectivity index (χ2n) is 4.98. The number of carbonyl (C=O) groups is 1. The number of amides is 2. The minimum atomic E-state index is -0.0982. The molecule has 0 fully saturated rings. The van der Waals surface area contributed by atoms with E-state index in [0.29, 0.717) is 6.61 Å². The van der Waals surface area contributed by atoms with Crippen molar-refractivity contribution >= 4 is 22.0 Å². The van der Waals surface area contributed by atoms with E-state index in [-0.39, 0.29) is 12.1 Å². The molecule has 1 aromatic carbocycles. The van der Waals surface area contributed by atoms with Crippen molar-refractivity contribution in [3.05, 3.63) is 28.2 Å². The Bertz CT molecular complexity index is 465. The first-order chi connectivity index (χ1) is 9.70. The molecule has 0 aliphatic carbocycles. The second-order valence-corrected chi connectivity index (χ2v) is 5.89. The average Bonchev–Trinajstić information content (AvgIpc) is 2.44. The molecule has 4 nitrogen and oxygen atoms in total. The molecule has 0 aromatic heterocycles. The molecule has 0 saturated carbocycles. The second kappa shape index (κ2) is 7.53. The van der Waals surface area contributed by atoms with Gasteiger partial charge in [-0.25, -0.2) is 4.79 Å². The molecule has 0 radical (unpaired) electrons. The summed E-state index contributed by atoms with van der Waals surface area (Å²) in [5.74, 6) is 0.857. The molecule has 1 heterocycles. The number of nitrogens with one attached hydrogen (secondary N) is 2. The van der Waals surface area contributed by atoms with Crippen LogP contribution in [0.5, 0.6) is 5.75 Å². The molecule has 1 unspecified atom stereocenters. The van der Waals surface area contributed by atoms with Crippen LogP contribution < -0.4 is 15.4 Å². The van der Waals surface area contributed by atoms with Crippen LogP contribution in [0.2, 0.25) is 0 Å². The van der Waals surface area contributed by atoms with E-state index >= 15 is 0 Å². The largest absolute Gasteiger partial charge is 0.493 e. The lowest BCUT2D eigenvalue weighted by Crippen LogP contribution is -2.40. The molecule has 1 atom stereocenters. The van der Waals surface area contributed by atoms with Crippen molar-refractivity contribution in [1.82, 2.24) is 10.6 Å². The van der Waals surface area contributed by atoms with Crippen molar-refractivity contribution in [3.8, 4) is 5.75 Å². The van der Waals surface area contributed by atoms with Crippen molar-refractivity contribution in [2.45, 2.75) is 38.6 Å². The summed E-state index contributed by atoms with van der Waals surface area (Å²) >= 11 is 3.46.